The Kier molecular flexibility index (Phi) is 40.4. The Labute approximate surface area is 326 Å². The first-order valence-corrected chi connectivity index (χ1v) is 23.1. The summed E-state index contributed by atoms with van der Waals surface area (Å²) in [4.78, 5) is 22.5. The van der Waals surface area contributed by atoms with Crippen molar-refractivity contribution < 1.29 is 32.8 Å². The van der Waals surface area contributed by atoms with E-state index in [9.17, 15) is 14.3 Å². The van der Waals surface area contributed by atoms with Crippen LogP contribution < -0.4 is 5.73 Å². The number of phosphoric ester groups is 1. The van der Waals surface area contributed by atoms with E-state index in [1.165, 1.54) is 96.3 Å². The van der Waals surface area contributed by atoms with Gasteiger partial charge in [0.05, 0.1) is 19.8 Å². The third-order valence-electron chi connectivity index (χ3n) is 9.01. The number of esters is 1. The summed E-state index contributed by atoms with van der Waals surface area (Å²) in [6.45, 7) is 4.81. The lowest BCUT2D eigenvalue weighted by Gasteiger charge is -2.20. The van der Waals surface area contributed by atoms with Crippen LogP contribution in [0.4, 0.5) is 0 Å². The summed E-state index contributed by atoms with van der Waals surface area (Å²) < 4.78 is 33.4. The summed E-state index contributed by atoms with van der Waals surface area (Å²) in [5, 5.41) is 0. The molecular weight excluding hydrogens is 685 g/mol. The number of allylic oxidation sites excluding steroid dienone is 8. The maximum atomic E-state index is 12.6. The number of hydrogen-bond acceptors (Lipinski definition) is 7. The Bertz CT molecular complexity index is 952. The van der Waals surface area contributed by atoms with Crippen molar-refractivity contribution in [3.8, 4) is 0 Å². The quantitative estimate of drug-likeness (QED) is 0.0273. The minimum Gasteiger partial charge on any atom is -0.457 e. The topological polar surface area (TPSA) is 117 Å². The number of hydrogen-bond donors (Lipinski definition) is 2. The molecule has 8 nitrogen and oxygen atoms in total. The summed E-state index contributed by atoms with van der Waals surface area (Å²) in [7, 11) is -4.28. The van der Waals surface area contributed by atoms with Gasteiger partial charge in [0.25, 0.3) is 0 Å². The first-order chi connectivity index (χ1) is 25.9. The molecule has 0 spiro atoms. The molecule has 0 fully saturated rings. The second-order valence-corrected chi connectivity index (χ2v) is 15.6. The van der Waals surface area contributed by atoms with E-state index in [-0.39, 0.29) is 32.3 Å². The Hall–Kier alpha value is -1.54. The van der Waals surface area contributed by atoms with Crippen LogP contribution in [0.2, 0.25) is 0 Å². The molecule has 0 radical (unpaired) electrons. The Morgan fingerprint density at radius 1 is 0.585 bits per heavy atom. The molecule has 0 aliphatic heterocycles. The fourth-order valence-corrected chi connectivity index (χ4v) is 6.64. The van der Waals surface area contributed by atoms with Crippen LogP contribution in [-0.2, 0) is 27.9 Å². The number of ether oxygens (including phenoxy) is 2. The van der Waals surface area contributed by atoms with Crippen LogP contribution in [0.3, 0.4) is 0 Å². The normalized spacial score (nSPS) is 14.0. The van der Waals surface area contributed by atoms with E-state index in [2.05, 4.69) is 62.5 Å². The molecule has 2 unspecified atom stereocenters. The van der Waals surface area contributed by atoms with Crippen LogP contribution in [0.15, 0.2) is 48.6 Å². The van der Waals surface area contributed by atoms with Gasteiger partial charge in [0.2, 0.25) is 0 Å². The summed E-state index contributed by atoms with van der Waals surface area (Å²) in [5.41, 5.74) is 5.37. The molecule has 53 heavy (non-hydrogen) atoms. The van der Waals surface area contributed by atoms with Gasteiger partial charge in [-0.2, -0.15) is 0 Å². The van der Waals surface area contributed by atoms with Gasteiger partial charge in [-0.25, -0.2) is 4.57 Å². The van der Waals surface area contributed by atoms with E-state index in [1.807, 2.05) is 0 Å². The van der Waals surface area contributed by atoms with E-state index in [0.29, 0.717) is 13.0 Å². The number of unbranched alkanes of at least 4 members (excludes halogenated alkanes) is 20. The van der Waals surface area contributed by atoms with Crippen LogP contribution in [0.25, 0.3) is 0 Å². The number of nitrogens with two attached hydrogens (primary N) is 1. The van der Waals surface area contributed by atoms with Gasteiger partial charge in [-0.15, -0.1) is 0 Å². The van der Waals surface area contributed by atoms with Crippen LogP contribution in [-0.4, -0.2) is 49.9 Å². The number of rotatable bonds is 41. The summed E-state index contributed by atoms with van der Waals surface area (Å²) in [6.07, 6.45) is 48.4. The lowest BCUT2D eigenvalue weighted by Crippen LogP contribution is -2.28. The minimum absolute atomic E-state index is 0.0972. The summed E-state index contributed by atoms with van der Waals surface area (Å²) >= 11 is 0. The second kappa shape index (κ2) is 41.6. The van der Waals surface area contributed by atoms with Gasteiger partial charge < -0.3 is 20.1 Å². The number of phosphoric acid groups is 1. The van der Waals surface area contributed by atoms with Crippen LogP contribution >= 0.6 is 7.82 Å². The van der Waals surface area contributed by atoms with Gasteiger partial charge in [0.15, 0.2) is 0 Å². The molecular formula is C44H82NO7P. The molecule has 9 heteroatoms. The monoisotopic (exact) mass is 768 g/mol. The molecule has 0 aromatic carbocycles. The van der Waals surface area contributed by atoms with E-state index < -0.39 is 13.9 Å². The smallest absolute Gasteiger partial charge is 0.457 e. The van der Waals surface area contributed by atoms with Crippen molar-refractivity contribution in [3.05, 3.63) is 48.6 Å². The molecule has 0 heterocycles. The predicted molar refractivity (Wildman–Crippen MR) is 224 cm³/mol. The van der Waals surface area contributed by atoms with Crippen molar-refractivity contribution in [2.24, 2.45) is 5.73 Å². The molecule has 0 bridgehead atoms. The van der Waals surface area contributed by atoms with Crippen molar-refractivity contribution in [3.63, 3.8) is 0 Å². The molecule has 0 aliphatic rings. The van der Waals surface area contributed by atoms with Gasteiger partial charge in [-0.05, 0) is 51.4 Å². The Morgan fingerprint density at radius 2 is 1.06 bits per heavy atom. The molecule has 310 valence electrons. The average Bonchev–Trinajstić information content (AvgIpc) is 3.15. The third kappa shape index (κ3) is 41.5. The van der Waals surface area contributed by atoms with Crippen LogP contribution in [0, 0.1) is 0 Å². The highest BCUT2D eigenvalue weighted by Crippen LogP contribution is 2.43. The second-order valence-electron chi connectivity index (χ2n) is 14.2. The highest BCUT2D eigenvalue weighted by atomic mass is 31.2. The zero-order chi connectivity index (χ0) is 38.8. The standard InChI is InChI=1S/C44H82NO7P/c1-3-5-7-9-11-13-15-17-19-20-21-22-23-25-27-29-31-33-35-37-44(46)52-43(42-51-53(47,48)50-40-38-45)41-49-39-36-34-32-30-28-26-24-18-16-14-12-10-8-6-4-2/h5,7,11,13,17,19,21-22,43H,3-4,6,8-10,12,14-16,18,20,23-42,45H2,1-2H3,(H,47,48)/b7-5-,13-11-,19-17-,22-21-. The molecule has 2 atom stereocenters. The fraction of sp³-hybridized carbons (Fsp3) is 0.795. The number of carbonyl (C=O) groups is 1. The van der Waals surface area contributed by atoms with Crippen molar-refractivity contribution in [1.82, 2.24) is 0 Å². The van der Waals surface area contributed by atoms with Crippen LogP contribution in [0.1, 0.15) is 187 Å². The van der Waals surface area contributed by atoms with Crippen molar-refractivity contribution >= 4 is 13.8 Å². The van der Waals surface area contributed by atoms with E-state index in [0.717, 1.165) is 70.6 Å². The largest absolute Gasteiger partial charge is 0.472 e. The number of carbonyl (C=O) groups excluding carboxylic acids is 1. The molecule has 0 saturated carbocycles. The van der Waals surface area contributed by atoms with Crippen molar-refractivity contribution in [2.45, 2.75) is 193 Å². The van der Waals surface area contributed by atoms with E-state index >= 15 is 0 Å². The van der Waals surface area contributed by atoms with Gasteiger partial charge in [0.1, 0.15) is 6.10 Å². The van der Waals surface area contributed by atoms with E-state index in [1.54, 1.807) is 0 Å². The molecule has 0 saturated heterocycles. The molecule has 3 N–H and O–H groups in total. The van der Waals surface area contributed by atoms with Crippen LogP contribution in [0.5, 0.6) is 0 Å². The minimum atomic E-state index is -4.28. The molecule has 0 amide bonds. The zero-order valence-electron chi connectivity index (χ0n) is 34.2. The van der Waals surface area contributed by atoms with E-state index in [4.69, 9.17) is 24.3 Å². The van der Waals surface area contributed by atoms with Gasteiger partial charge in [0, 0.05) is 19.6 Å². The van der Waals surface area contributed by atoms with Crippen molar-refractivity contribution in [2.75, 3.05) is 33.0 Å². The first kappa shape index (κ1) is 51.5. The van der Waals surface area contributed by atoms with Gasteiger partial charge in [-0.3, -0.25) is 13.8 Å². The molecule has 0 aliphatic carbocycles. The first-order valence-electron chi connectivity index (χ1n) is 21.6. The lowest BCUT2D eigenvalue weighted by atomic mass is 10.0. The highest BCUT2D eigenvalue weighted by Gasteiger charge is 2.25. The molecule has 0 aromatic heterocycles. The van der Waals surface area contributed by atoms with Gasteiger partial charge >= 0.3 is 13.8 Å². The highest BCUT2D eigenvalue weighted by molar-refractivity contribution is 7.47. The van der Waals surface area contributed by atoms with Gasteiger partial charge in [-0.1, -0.05) is 178 Å². The Morgan fingerprint density at radius 3 is 1.58 bits per heavy atom. The fourth-order valence-electron chi connectivity index (χ4n) is 5.87. The van der Waals surface area contributed by atoms with Crippen molar-refractivity contribution in [1.29, 1.82) is 0 Å². The predicted octanol–water partition coefficient (Wildman–Crippen LogP) is 12.8. The summed E-state index contributed by atoms with van der Waals surface area (Å²) in [6, 6.07) is 0. The maximum absolute atomic E-state index is 12.6. The lowest BCUT2D eigenvalue weighted by molar-refractivity contribution is -0.154. The maximum Gasteiger partial charge on any atom is 0.472 e. The molecule has 0 rings (SSSR count). The Balaban J connectivity index is 4.06. The molecule has 0 aromatic rings. The third-order valence-corrected chi connectivity index (χ3v) is 9.99. The SMILES string of the molecule is CC/C=C\C/C=C\C/C=C\C/C=C\CCCCCCCCC(=O)OC(COCCCCCCCCCCCCCCCCC)COP(=O)(O)OCCN. The summed E-state index contributed by atoms with van der Waals surface area (Å²) in [5.74, 6) is -0.343. The average molecular weight is 768 g/mol. The zero-order valence-corrected chi connectivity index (χ0v) is 35.1.